The van der Waals surface area contributed by atoms with Crippen LogP contribution >= 0.6 is 12.4 Å². The van der Waals surface area contributed by atoms with Crippen molar-refractivity contribution in [2.75, 3.05) is 25.0 Å². The molecule has 5 nitrogen and oxygen atoms in total. The van der Waals surface area contributed by atoms with Crippen molar-refractivity contribution in [1.82, 2.24) is 10.6 Å². The lowest BCUT2D eigenvalue weighted by Gasteiger charge is -2.13. The Labute approximate surface area is 150 Å². The molecule has 0 spiro atoms. The first-order chi connectivity index (χ1) is 11.1. The van der Waals surface area contributed by atoms with Gasteiger partial charge in [-0.1, -0.05) is 26.0 Å². The van der Waals surface area contributed by atoms with Crippen LogP contribution in [0.5, 0.6) is 0 Å². The highest BCUT2D eigenvalue weighted by Crippen LogP contribution is 2.18. The Bertz CT molecular complexity index is 543. The highest BCUT2D eigenvalue weighted by atomic mass is 35.5. The maximum Gasteiger partial charge on any atom is 0.253 e. The number of amides is 2. The molecule has 0 aliphatic carbocycles. The smallest absolute Gasteiger partial charge is 0.253 e. The number of para-hydroxylation sites is 1. The van der Waals surface area contributed by atoms with Crippen molar-refractivity contribution < 1.29 is 9.59 Å². The molecule has 0 bridgehead atoms. The van der Waals surface area contributed by atoms with E-state index >= 15 is 0 Å². The number of carbonyl (C=O) groups excluding carboxylic acids is 2. The van der Waals surface area contributed by atoms with Gasteiger partial charge < -0.3 is 16.0 Å². The molecule has 1 aliphatic heterocycles. The number of nitrogens with one attached hydrogen (secondary N) is 3. The predicted octanol–water partition coefficient (Wildman–Crippen LogP) is 2.82. The summed E-state index contributed by atoms with van der Waals surface area (Å²) in [6.07, 6.45) is 2.52. The fourth-order valence-corrected chi connectivity index (χ4v) is 2.69. The van der Waals surface area contributed by atoms with Crippen LogP contribution in [0.1, 0.15) is 43.5 Å². The molecule has 134 valence electrons. The lowest BCUT2D eigenvalue weighted by atomic mass is 10.0. The van der Waals surface area contributed by atoms with Crippen LogP contribution in [0.15, 0.2) is 24.3 Å². The SMILES string of the molecule is CC(C)CNC(=O)c1ccccc1NC(=O)CCC1CCNC1.Cl. The first-order valence-corrected chi connectivity index (χ1v) is 8.44. The van der Waals surface area contributed by atoms with Crippen molar-refractivity contribution in [3.05, 3.63) is 29.8 Å². The summed E-state index contributed by atoms with van der Waals surface area (Å²) in [5, 5.41) is 9.08. The summed E-state index contributed by atoms with van der Waals surface area (Å²) >= 11 is 0. The molecule has 2 rings (SSSR count). The number of anilines is 1. The zero-order valence-electron chi connectivity index (χ0n) is 14.4. The minimum atomic E-state index is -0.144. The average molecular weight is 354 g/mol. The minimum Gasteiger partial charge on any atom is -0.352 e. The number of halogens is 1. The third-order valence-electron chi connectivity index (χ3n) is 4.06. The van der Waals surface area contributed by atoms with E-state index in [9.17, 15) is 9.59 Å². The lowest BCUT2D eigenvalue weighted by Crippen LogP contribution is -2.28. The summed E-state index contributed by atoms with van der Waals surface area (Å²) in [5.74, 6) is 0.807. The van der Waals surface area contributed by atoms with Crippen molar-refractivity contribution in [3.8, 4) is 0 Å². The summed E-state index contributed by atoms with van der Waals surface area (Å²) in [5.41, 5.74) is 1.10. The molecule has 0 aromatic heterocycles. The minimum absolute atomic E-state index is 0. The van der Waals surface area contributed by atoms with Crippen LogP contribution < -0.4 is 16.0 Å². The van der Waals surface area contributed by atoms with E-state index in [1.54, 1.807) is 12.1 Å². The summed E-state index contributed by atoms with van der Waals surface area (Å²) in [6.45, 7) is 6.76. The Morgan fingerprint density at radius 3 is 2.71 bits per heavy atom. The van der Waals surface area contributed by atoms with Gasteiger partial charge in [-0.15, -0.1) is 12.4 Å². The third-order valence-corrected chi connectivity index (χ3v) is 4.06. The summed E-state index contributed by atoms with van der Waals surface area (Å²) in [4.78, 5) is 24.4. The second-order valence-corrected chi connectivity index (χ2v) is 6.60. The van der Waals surface area contributed by atoms with Crippen LogP contribution in [0.3, 0.4) is 0 Å². The third kappa shape index (κ3) is 6.49. The van der Waals surface area contributed by atoms with Gasteiger partial charge in [-0.2, -0.15) is 0 Å². The first-order valence-electron chi connectivity index (χ1n) is 8.44. The van der Waals surface area contributed by atoms with E-state index in [0.29, 0.717) is 36.1 Å². The highest BCUT2D eigenvalue weighted by molar-refractivity contribution is 6.03. The molecule has 1 fully saturated rings. The Balaban J connectivity index is 0.00000288. The van der Waals surface area contributed by atoms with E-state index in [2.05, 4.69) is 16.0 Å². The predicted molar refractivity (Wildman–Crippen MR) is 99.7 cm³/mol. The second kappa shape index (κ2) is 10.3. The van der Waals surface area contributed by atoms with Crippen LogP contribution in [0, 0.1) is 11.8 Å². The van der Waals surface area contributed by atoms with Crippen molar-refractivity contribution in [2.45, 2.75) is 33.1 Å². The molecule has 1 aromatic carbocycles. The Morgan fingerprint density at radius 2 is 2.04 bits per heavy atom. The second-order valence-electron chi connectivity index (χ2n) is 6.60. The first kappa shape index (κ1) is 20.5. The van der Waals surface area contributed by atoms with Gasteiger partial charge in [-0.25, -0.2) is 0 Å². The number of carbonyl (C=O) groups is 2. The molecule has 6 heteroatoms. The van der Waals surface area contributed by atoms with Crippen molar-refractivity contribution in [3.63, 3.8) is 0 Å². The van der Waals surface area contributed by atoms with Crippen molar-refractivity contribution in [1.29, 1.82) is 0 Å². The molecule has 1 aliphatic rings. The molecule has 1 heterocycles. The van der Waals surface area contributed by atoms with Gasteiger partial charge in [0.1, 0.15) is 0 Å². The summed E-state index contributed by atoms with van der Waals surface area (Å²) < 4.78 is 0. The van der Waals surface area contributed by atoms with Gasteiger partial charge in [0.25, 0.3) is 5.91 Å². The van der Waals surface area contributed by atoms with Crippen LogP contribution in [0.25, 0.3) is 0 Å². The Morgan fingerprint density at radius 1 is 1.29 bits per heavy atom. The molecule has 3 N–H and O–H groups in total. The maximum absolute atomic E-state index is 12.2. The topological polar surface area (TPSA) is 70.2 Å². The molecule has 1 atom stereocenters. The van der Waals surface area contributed by atoms with Crippen LogP contribution in [0.4, 0.5) is 5.69 Å². The number of benzene rings is 1. The van der Waals surface area contributed by atoms with E-state index in [0.717, 1.165) is 25.9 Å². The molecule has 1 aromatic rings. The number of hydrogen-bond donors (Lipinski definition) is 3. The zero-order chi connectivity index (χ0) is 16.7. The van der Waals surface area contributed by atoms with E-state index in [4.69, 9.17) is 0 Å². The molecular weight excluding hydrogens is 326 g/mol. The lowest BCUT2D eigenvalue weighted by molar-refractivity contribution is -0.116. The normalized spacial score (nSPS) is 16.5. The fraction of sp³-hybridized carbons (Fsp3) is 0.556. The summed E-state index contributed by atoms with van der Waals surface area (Å²) in [6, 6.07) is 7.16. The molecule has 0 radical (unpaired) electrons. The fourth-order valence-electron chi connectivity index (χ4n) is 2.69. The van der Waals surface area contributed by atoms with Gasteiger partial charge in [-0.3, -0.25) is 9.59 Å². The van der Waals surface area contributed by atoms with E-state index in [1.165, 1.54) is 0 Å². The van der Waals surface area contributed by atoms with Gasteiger partial charge in [0.15, 0.2) is 0 Å². The van der Waals surface area contributed by atoms with Crippen molar-refractivity contribution in [2.24, 2.45) is 11.8 Å². The molecule has 1 saturated heterocycles. The monoisotopic (exact) mass is 353 g/mol. The largest absolute Gasteiger partial charge is 0.352 e. The van der Waals surface area contributed by atoms with E-state index < -0.39 is 0 Å². The van der Waals surface area contributed by atoms with Gasteiger partial charge in [0.05, 0.1) is 11.3 Å². The maximum atomic E-state index is 12.2. The summed E-state index contributed by atoms with van der Waals surface area (Å²) in [7, 11) is 0. The quantitative estimate of drug-likeness (QED) is 0.706. The molecule has 24 heavy (non-hydrogen) atoms. The Hall–Kier alpha value is -1.59. The molecule has 2 amide bonds. The number of rotatable bonds is 7. The average Bonchev–Trinajstić information content (AvgIpc) is 3.04. The van der Waals surface area contributed by atoms with Crippen molar-refractivity contribution >= 4 is 29.9 Å². The van der Waals surface area contributed by atoms with Crippen LogP contribution in [-0.2, 0) is 4.79 Å². The Kier molecular flexibility index (Phi) is 8.79. The van der Waals surface area contributed by atoms with E-state index in [-0.39, 0.29) is 24.2 Å². The number of hydrogen-bond acceptors (Lipinski definition) is 3. The van der Waals surface area contributed by atoms with E-state index in [1.807, 2.05) is 26.0 Å². The van der Waals surface area contributed by atoms with Gasteiger partial charge >= 0.3 is 0 Å². The van der Waals surface area contributed by atoms with Crippen LogP contribution in [0.2, 0.25) is 0 Å². The van der Waals surface area contributed by atoms with Gasteiger partial charge in [-0.05, 0) is 49.9 Å². The van der Waals surface area contributed by atoms with Crippen LogP contribution in [-0.4, -0.2) is 31.4 Å². The van der Waals surface area contributed by atoms with Gasteiger partial charge in [0, 0.05) is 13.0 Å². The molecular formula is C18H28ClN3O2. The zero-order valence-corrected chi connectivity index (χ0v) is 15.2. The van der Waals surface area contributed by atoms with Gasteiger partial charge in [0.2, 0.25) is 5.91 Å². The standard InChI is InChI=1S/C18H27N3O2.ClH/c1-13(2)11-20-18(23)15-5-3-4-6-16(15)21-17(22)8-7-14-9-10-19-12-14;/h3-6,13-14,19H,7-12H2,1-2H3,(H,20,23)(H,21,22);1H. The molecule has 0 saturated carbocycles. The molecule has 1 unspecified atom stereocenters. The highest BCUT2D eigenvalue weighted by Gasteiger charge is 2.17.